The van der Waals surface area contributed by atoms with E-state index in [9.17, 15) is 26.7 Å². The van der Waals surface area contributed by atoms with Crippen LogP contribution >= 0.6 is 0 Å². The van der Waals surface area contributed by atoms with E-state index in [0.717, 1.165) is 7.11 Å². The van der Waals surface area contributed by atoms with Crippen LogP contribution in [0.15, 0.2) is 6.20 Å². The zero-order valence-electron chi connectivity index (χ0n) is 10.0. The maximum atomic E-state index is 13.0. The number of rotatable bonds is 4. The monoisotopic (exact) mass is 300 g/mol. The molecular weight excluding hydrogens is 291 g/mol. The number of halogens is 5. The lowest BCUT2D eigenvalue weighted by atomic mass is 10.1. The number of nitrogens with two attached hydrogens (primary N) is 1. The van der Waals surface area contributed by atoms with Crippen molar-refractivity contribution in [2.75, 3.05) is 7.11 Å². The number of nitrogens with zero attached hydrogens (tertiary/aromatic N) is 1. The van der Waals surface area contributed by atoms with Gasteiger partial charge in [0.05, 0.1) is 30.1 Å². The predicted octanol–water partition coefficient (Wildman–Crippen LogP) is 2.16. The molecule has 0 aliphatic carbocycles. The topological polar surface area (TPSA) is 74.4 Å². The maximum absolute atomic E-state index is 13.0. The Labute approximate surface area is 109 Å². The Kier molecular flexibility index (Phi) is 4.82. The molecule has 0 radical (unpaired) electrons. The Balaban J connectivity index is 3.51. The van der Waals surface area contributed by atoms with Crippen LogP contribution in [0, 0.1) is 0 Å². The summed E-state index contributed by atoms with van der Waals surface area (Å²) in [6.45, 7) is -0.434. The second-order valence-corrected chi connectivity index (χ2v) is 3.40. The summed E-state index contributed by atoms with van der Waals surface area (Å²) in [5, 5.41) is 0. The lowest BCUT2D eigenvalue weighted by Crippen LogP contribution is -2.21. The van der Waals surface area contributed by atoms with Crippen molar-refractivity contribution in [2.24, 2.45) is 5.73 Å². The van der Waals surface area contributed by atoms with E-state index in [1.54, 1.807) is 0 Å². The first-order valence-electron chi connectivity index (χ1n) is 5.05. The summed E-state index contributed by atoms with van der Waals surface area (Å²) in [7, 11) is 0.884. The molecule has 0 saturated heterocycles. The van der Waals surface area contributed by atoms with Crippen molar-refractivity contribution >= 4 is 5.97 Å². The van der Waals surface area contributed by atoms with E-state index in [2.05, 4.69) is 14.5 Å². The molecule has 5 nitrogen and oxygen atoms in total. The number of carbonyl (C=O) groups excluding carboxylic acids is 1. The summed E-state index contributed by atoms with van der Waals surface area (Å²) in [5.74, 6) is -2.55. The number of alkyl halides is 5. The summed E-state index contributed by atoms with van der Waals surface area (Å²) >= 11 is 0. The predicted molar refractivity (Wildman–Crippen MR) is 55.1 cm³/mol. The van der Waals surface area contributed by atoms with Crippen LogP contribution in [-0.4, -0.2) is 24.4 Å². The molecule has 0 spiro atoms. The molecule has 0 aromatic carbocycles. The first-order valence-corrected chi connectivity index (χ1v) is 5.05. The quantitative estimate of drug-likeness (QED) is 0.681. The molecular formula is C10H9F5N2O3. The van der Waals surface area contributed by atoms with Gasteiger partial charge in [-0.2, -0.15) is 0 Å². The minimum Gasteiger partial charge on any atom is -0.465 e. The summed E-state index contributed by atoms with van der Waals surface area (Å²) in [6, 6.07) is 0. The molecule has 112 valence electrons. The molecule has 2 N–H and O–H groups in total. The van der Waals surface area contributed by atoms with Crippen molar-refractivity contribution in [1.82, 2.24) is 4.98 Å². The third-order valence-corrected chi connectivity index (χ3v) is 2.19. The van der Waals surface area contributed by atoms with E-state index >= 15 is 0 Å². The summed E-state index contributed by atoms with van der Waals surface area (Å²) in [6.07, 6.45) is -8.18. The Bertz CT molecular complexity index is 504. The van der Waals surface area contributed by atoms with E-state index in [1.165, 1.54) is 0 Å². The van der Waals surface area contributed by atoms with Gasteiger partial charge in [0.25, 0.3) is 6.43 Å². The number of pyridine rings is 1. The molecule has 20 heavy (non-hydrogen) atoms. The van der Waals surface area contributed by atoms with Crippen molar-refractivity contribution < 1.29 is 36.2 Å². The highest BCUT2D eigenvalue weighted by Crippen LogP contribution is 2.36. The van der Waals surface area contributed by atoms with Gasteiger partial charge in [-0.25, -0.2) is 13.6 Å². The van der Waals surface area contributed by atoms with Crippen LogP contribution in [0.25, 0.3) is 0 Å². The number of carbonyl (C=O) groups is 1. The van der Waals surface area contributed by atoms with Gasteiger partial charge in [-0.15, -0.1) is 13.2 Å². The highest BCUT2D eigenvalue weighted by Gasteiger charge is 2.36. The van der Waals surface area contributed by atoms with Crippen LogP contribution in [0.4, 0.5) is 22.0 Å². The van der Waals surface area contributed by atoms with E-state index in [-0.39, 0.29) is 5.69 Å². The highest BCUT2D eigenvalue weighted by molar-refractivity contribution is 5.93. The van der Waals surface area contributed by atoms with Gasteiger partial charge in [0, 0.05) is 6.54 Å². The largest absolute Gasteiger partial charge is 0.573 e. The van der Waals surface area contributed by atoms with Crippen molar-refractivity contribution in [3.63, 3.8) is 0 Å². The van der Waals surface area contributed by atoms with Crippen molar-refractivity contribution in [3.05, 3.63) is 23.0 Å². The third-order valence-electron chi connectivity index (χ3n) is 2.19. The van der Waals surface area contributed by atoms with Crippen LogP contribution in [0.2, 0.25) is 0 Å². The Morgan fingerprint density at radius 1 is 1.45 bits per heavy atom. The van der Waals surface area contributed by atoms with Gasteiger partial charge in [-0.1, -0.05) is 0 Å². The van der Waals surface area contributed by atoms with Gasteiger partial charge in [-0.3, -0.25) is 4.98 Å². The van der Waals surface area contributed by atoms with Crippen molar-refractivity contribution in [3.8, 4) is 5.75 Å². The molecule has 10 heteroatoms. The van der Waals surface area contributed by atoms with Gasteiger partial charge in [0.15, 0.2) is 5.75 Å². The molecule has 0 aliphatic rings. The van der Waals surface area contributed by atoms with E-state index in [0.29, 0.717) is 6.20 Å². The van der Waals surface area contributed by atoms with Crippen LogP contribution in [-0.2, 0) is 11.3 Å². The zero-order valence-corrected chi connectivity index (χ0v) is 10.0. The van der Waals surface area contributed by atoms with Gasteiger partial charge in [0.2, 0.25) is 0 Å². The first kappa shape index (κ1) is 16.1. The molecule has 0 fully saturated rings. The van der Waals surface area contributed by atoms with Crippen molar-refractivity contribution in [1.29, 1.82) is 0 Å². The Hall–Kier alpha value is -1.97. The molecule has 1 heterocycles. The van der Waals surface area contributed by atoms with Crippen LogP contribution in [0.3, 0.4) is 0 Å². The molecule has 0 atom stereocenters. The Morgan fingerprint density at radius 2 is 2.05 bits per heavy atom. The number of hydrogen-bond acceptors (Lipinski definition) is 5. The number of esters is 1. The standard InChI is InChI=1S/C10H9F5N2O3/c1-19-9(18)6-4(2-16)17-3-5(7(6)8(11)12)20-10(13,14)15/h3,8H,2,16H2,1H3. The van der Waals surface area contributed by atoms with Crippen LogP contribution in [0.5, 0.6) is 5.75 Å². The average Bonchev–Trinajstić information content (AvgIpc) is 2.34. The van der Waals surface area contributed by atoms with Crippen LogP contribution in [0.1, 0.15) is 28.0 Å². The smallest absolute Gasteiger partial charge is 0.465 e. The molecule has 0 aliphatic heterocycles. The highest BCUT2D eigenvalue weighted by atomic mass is 19.4. The van der Waals surface area contributed by atoms with Gasteiger partial charge in [-0.05, 0) is 0 Å². The summed E-state index contributed by atoms with van der Waals surface area (Å²) in [5.41, 5.74) is 2.81. The van der Waals surface area contributed by atoms with E-state index in [1.807, 2.05) is 0 Å². The number of aromatic nitrogens is 1. The minimum atomic E-state index is -5.21. The fourth-order valence-corrected chi connectivity index (χ4v) is 1.46. The lowest BCUT2D eigenvalue weighted by molar-refractivity contribution is -0.275. The lowest BCUT2D eigenvalue weighted by Gasteiger charge is -2.16. The number of methoxy groups -OCH3 is 1. The fourth-order valence-electron chi connectivity index (χ4n) is 1.46. The maximum Gasteiger partial charge on any atom is 0.573 e. The third kappa shape index (κ3) is 3.53. The first-order chi connectivity index (χ1) is 9.21. The SMILES string of the molecule is COC(=O)c1c(CN)ncc(OC(F)(F)F)c1C(F)F. The van der Waals surface area contributed by atoms with E-state index in [4.69, 9.17) is 5.73 Å². The fraction of sp³-hybridized carbons (Fsp3) is 0.400. The molecule has 0 amide bonds. The summed E-state index contributed by atoms with van der Waals surface area (Å²) in [4.78, 5) is 14.9. The molecule has 1 aromatic rings. The zero-order chi connectivity index (χ0) is 15.5. The molecule has 1 aromatic heterocycles. The van der Waals surface area contributed by atoms with E-state index < -0.39 is 42.2 Å². The number of ether oxygens (including phenoxy) is 2. The molecule has 1 rings (SSSR count). The molecule has 0 bridgehead atoms. The van der Waals surface area contributed by atoms with Crippen molar-refractivity contribution in [2.45, 2.75) is 19.3 Å². The van der Waals surface area contributed by atoms with Gasteiger partial charge in [0.1, 0.15) is 0 Å². The van der Waals surface area contributed by atoms with Gasteiger partial charge < -0.3 is 15.2 Å². The van der Waals surface area contributed by atoms with Crippen LogP contribution < -0.4 is 10.5 Å². The summed E-state index contributed by atoms with van der Waals surface area (Å²) < 4.78 is 70.0. The second kappa shape index (κ2) is 5.99. The molecule has 0 saturated carbocycles. The van der Waals surface area contributed by atoms with Gasteiger partial charge >= 0.3 is 12.3 Å². The number of hydrogen-bond donors (Lipinski definition) is 1. The second-order valence-electron chi connectivity index (χ2n) is 3.40. The average molecular weight is 300 g/mol. The Morgan fingerprint density at radius 3 is 2.45 bits per heavy atom. The normalized spacial score (nSPS) is 11.6. The minimum absolute atomic E-state index is 0.318. The molecule has 0 unspecified atom stereocenters.